The van der Waals surface area contributed by atoms with E-state index in [0.29, 0.717) is 12.2 Å². The maximum absolute atomic E-state index is 11.7. The van der Waals surface area contributed by atoms with Crippen LogP contribution in [-0.2, 0) is 9.05 Å². The summed E-state index contributed by atoms with van der Waals surface area (Å²) in [5.41, 5.74) is 0.296. The average Bonchev–Trinajstić information content (AvgIpc) is 2.95. The normalized spacial score (nSPS) is 15.9. The molecule has 8 heteroatoms. The summed E-state index contributed by atoms with van der Waals surface area (Å²) in [5, 5.41) is 8.87. The molecular weight excluding hydrogens is 266 g/mol. The van der Waals surface area contributed by atoms with Gasteiger partial charge >= 0.3 is 0 Å². The molecule has 2 rings (SSSR count). The number of nitrogens with zero attached hydrogens (tertiary/aromatic N) is 1. The molecule has 0 unspecified atom stereocenters. The molecule has 0 aromatic carbocycles. The van der Waals surface area contributed by atoms with Crippen LogP contribution in [0.3, 0.4) is 0 Å². The zero-order chi connectivity index (χ0) is 12.6. The summed E-state index contributed by atoms with van der Waals surface area (Å²) in [5.74, 6) is -0.413. The SMILES string of the molecule is CCNC(=O)c1n[nH]c(C2CC2)c1S(=O)(=O)Cl. The molecule has 1 aromatic rings. The standard InChI is InChI=1S/C9H12ClN3O3S/c1-2-11-9(14)7-8(17(10,15)16)6(12-13-7)5-3-4-5/h5H,2-4H2,1H3,(H,11,14)(H,12,13). The first-order valence-corrected chi connectivity index (χ1v) is 7.57. The number of amides is 1. The van der Waals surface area contributed by atoms with E-state index in [0.717, 1.165) is 12.8 Å². The zero-order valence-electron chi connectivity index (χ0n) is 9.16. The first-order chi connectivity index (χ1) is 7.95. The van der Waals surface area contributed by atoms with Gasteiger partial charge in [0.15, 0.2) is 5.69 Å². The van der Waals surface area contributed by atoms with Gasteiger partial charge in [0.25, 0.3) is 15.0 Å². The summed E-state index contributed by atoms with van der Waals surface area (Å²) in [6.07, 6.45) is 1.77. The molecule has 1 aliphatic rings. The van der Waals surface area contributed by atoms with Crippen molar-refractivity contribution in [3.05, 3.63) is 11.4 Å². The third-order valence-corrected chi connectivity index (χ3v) is 3.89. The molecule has 94 valence electrons. The van der Waals surface area contributed by atoms with Crippen LogP contribution in [0.1, 0.15) is 41.9 Å². The molecule has 1 aromatic heterocycles. The molecule has 0 radical (unpaired) electrons. The van der Waals surface area contributed by atoms with Crippen LogP contribution in [0.15, 0.2) is 4.90 Å². The van der Waals surface area contributed by atoms with Crippen LogP contribution >= 0.6 is 10.7 Å². The largest absolute Gasteiger partial charge is 0.351 e. The van der Waals surface area contributed by atoms with Crippen LogP contribution in [-0.4, -0.2) is 31.1 Å². The Morgan fingerprint density at radius 2 is 2.24 bits per heavy atom. The van der Waals surface area contributed by atoms with Crippen molar-refractivity contribution in [3.8, 4) is 0 Å². The maximum atomic E-state index is 11.7. The Bertz CT molecular complexity index is 548. The molecule has 0 aliphatic heterocycles. The predicted molar refractivity (Wildman–Crippen MR) is 61.6 cm³/mol. The average molecular weight is 278 g/mol. The molecule has 1 fully saturated rings. The van der Waals surface area contributed by atoms with E-state index in [1.54, 1.807) is 6.92 Å². The highest BCUT2D eigenvalue weighted by Crippen LogP contribution is 2.43. The number of H-pyrrole nitrogens is 1. The molecule has 1 aliphatic carbocycles. The summed E-state index contributed by atoms with van der Waals surface area (Å²) < 4.78 is 23.0. The highest BCUT2D eigenvalue weighted by atomic mass is 35.7. The lowest BCUT2D eigenvalue weighted by Crippen LogP contribution is -2.24. The zero-order valence-corrected chi connectivity index (χ0v) is 10.7. The fraction of sp³-hybridized carbons (Fsp3) is 0.556. The third-order valence-electron chi connectivity index (χ3n) is 2.53. The highest BCUT2D eigenvalue weighted by Gasteiger charge is 2.36. The van der Waals surface area contributed by atoms with Crippen molar-refractivity contribution in [2.75, 3.05) is 6.54 Å². The molecule has 1 saturated carbocycles. The van der Waals surface area contributed by atoms with Crippen LogP contribution in [0.25, 0.3) is 0 Å². The Hall–Kier alpha value is -1.08. The van der Waals surface area contributed by atoms with Crippen molar-refractivity contribution in [1.29, 1.82) is 0 Å². The van der Waals surface area contributed by atoms with E-state index in [-0.39, 0.29) is 16.5 Å². The van der Waals surface area contributed by atoms with Gasteiger partial charge in [0.1, 0.15) is 4.90 Å². The fourth-order valence-corrected chi connectivity index (χ4v) is 2.95. The number of hydrogen-bond donors (Lipinski definition) is 2. The molecule has 17 heavy (non-hydrogen) atoms. The second kappa shape index (κ2) is 4.30. The van der Waals surface area contributed by atoms with E-state index in [1.807, 2.05) is 0 Å². The predicted octanol–water partition coefficient (Wildman–Crippen LogP) is 0.964. The van der Waals surface area contributed by atoms with Crippen molar-refractivity contribution >= 4 is 25.6 Å². The number of halogens is 1. The molecule has 1 heterocycles. The molecule has 2 N–H and O–H groups in total. The fourth-order valence-electron chi connectivity index (χ4n) is 1.64. The van der Waals surface area contributed by atoms with Gasteiger partial charge in [0, 0.05) is 23.1 Å². The van der Waals surface area contributed by atoms with Gasteiger partial charge in [-0.05, 0) is 19.8 Å². The van der Waals surface area contributed by atoms with E-state index < -0.39 is 15.0 Å². The number of aromatic amines is 1. The monoisotopic (exact) mass is 277 g/mol. The highest BCUT2D eigenvalue weighted by molar-refractivity contribution is 8.13. The summed E-state index contributed by atoms with van der Waals surface area (Å²) >= 11 is 0. The molecule has 0 saturated heterocycles. The minimum atomic E-state index is -3.97. The molecule has 0 spiro atoms. The van der Waals surface area contributed by atoms with Crippen LogP contribution in [0.2, 0.25) is 0 Å². The molecule has 0 bridgehead atoms. The second-order valence-corrected chi connectivity index (χ2v) is 6.39. The van der Waals surface area contributed by atoms with E-state index in [9.17, 15) is 13.2 Å². The second-order valence-electron chi connectivity index (χ2n) is 3.89. The Kier molecular flexibility index (Phi) is 3.13. The Morgan fingerprint density at radius 1 is 1.59 bits per heavy atom. The lowest BCUT2D eigenvalue weighted by atomic mass is 10.2. The van der Waals surface area contributed by atoms with Crippen LogP contribution in [0, 0.1) is 0 Å². The van der Waals surface area contributed by atoms with Gasteiger partial charge in [-0.25, -0.2) is 8.42 Å². The number of carbonyl (C=O) groups is 1. The van der Waals surface area contributed by atoms with Crippen LogP contribution < -0.4 is 5.32 Å². The van der Waals surface area contributed by atoms with E-state index in [1.165, 1.54) is 0 Å². The van der Waals surface area contributed by atoms with E-state index >= 15 is 0 Å². The van der Waals surface area contributed by atoms with Crippen molar-refractivity contribution in [3.63, 3.8) is 0 Å². The number of aromatic nitrogens is 2. The summed E-state index contributed by atoms with van der Waals surface area (Å²) in [7, 11) is 1.39. The quantitative estimate of drug-likeness (QED) is 0.802. The molecular formula is C9H12ClN3O3S. The minimum absolute atomic E-state index is 0.120. The first-order valence-electron chi connectivity index (χ1n) is 5.26. The van der Waals surface area contributed by atoms with Crippen molar-refractivity contribution in [1.82, 2.24) is 15.5 Å². The topological polar surface area (TPSA) is 91.9 Å². The molecule has 1 amide bonds. The number of nitrogens with one attached hydrogen (secondary N) is 2. The summed E-state index contributed by atoms with van der Waals surface area (Å²) in [6.45, 7) is 2.13. The van der Waals surface area contributed by atoms with Gasteiger partial charge < -0.3 is 5.32 Å². The van der Waals surface area contributed by atoms with Crippen molar-refractivity contribution in [2.24, 2.45) is 0 Å². The first kappa shape index (κ1) is 12.4. The Labute approximate surface area is 103 Å². The van der Waals surface area contributed by atoms with Crippen molar-refractivity contribution < 1.29 is 13.2 Å². The summed E-state index contributed by atoms with van der Waals surface area (Å²) in [6, 6.07) is 0. The van der Waals surface area contributed by atoms with Gasteiger partial charge in [0.05, 0.1) is 5.69 Å². The van der Waals surface area contributed by atoms with Crippen LogP contribution in [0.4, 0.5) is 0 Å². The minimum Gasteiger partial charge on any atom is -0.351 e. The van der Waals surface area contributed by atoms with E-state index in [4.69, 9.17) is 10.7 Å². The third kappa shape index (κ3) is 2.44. The number of carbonyl (C=O) groups excluding carboxylic acids is 1. The lowest BCUT2D eigenvalue weighted by Gasteiger charge is -2.01. The molecule has 6 nitrogen and oxygen atoms in total. The summed E-state index contributed by atoms with van der Waals surface area (Å²) in [4.78, 5) is 11.5. The van der Waals surface area contributed by atoms with Gasteiger partial charge in [-0.3, -0.25) is 9.89 Å². The van der Waals surface area contributed by atoms with Gasteiger partial charge in [0.2, 0.25) is 0 Å². The van der Waals surface area contributed by atoms with Gasteiger partial charge in [-0.15, -0.1) is 0 Å². The maximum Gasteiger partial charge on any atom is 0.273 e. The van der Waals surface area contributed by atoms with Crippen molar-refractivity contribution in [2.45, 2.75) is 30.6 Å². The lowest BCUT2D eigenvalue weighted by molar-refractivity contribution is 0.0947. The number of rotatable bonds is 4. The van der Waals surface area contributed by atoms with Gasteiger partial charge in [-0.1, -0.05) is 0 Å². The van der Waals surface area contributed by atoms with E-state index in [2.05, 4.69) is 15.5 Å². The Morgan fingerprint density at radius 3 is 2.71 bits per heavy atom. The number of hydrogen-bond acceptors (Lipinski definition) is 4. The van der Waals surface area contributed by atoms with Gasteiger partial charge in [-0.2, -0.15) is 5.10 Å². The molecule has 0 atom stereocenters. The Balaban J connectivity index is 2.49. The smallest absolute Gasteiger partial charge is 0.273 e. The van der Waals surface area contributed by atoms with Crippen LogP contribution in [0.5, 0.6) is 0 Å².